The zero-order chi connectivity index (χ0) is 74.3. The maximum atomic E-state index is 14.1. The number of nitrogens with one attached hydrogen (secondary N) is 3. The molecule has 0 aliphatic heterocycles. The normalized spacial score (nSPS) is 11.5. The molecule has 0 aliphatic carbocycles. The molecule has 0 saturated carbocycles. The van der Waals surface area contributed by atoms with Crippen LogP contribution in [-0.4, -0.2) is 106 Å². The largest absolute Gasteiger partial charge is 0.378 e. The van der Waals surface area contributed by atoms with Crippen LogP contribution in [-0.2, 0) is 55.7 Å². The van der Waals surface area contributed by atoms with E-state index in [1.54, 1.807) is 41.7 Å². The molecule has 19 nitrogen and oxygen atoms in total. The Morgan fingerprint density at radius 2 is 0.868 bits per heavy atom. The lowest BCUT2D eigenvalue weighted by atomic mass is 10.1. The third-order valence-corrected chi connectivity index (χ3v) is 21.8. The number of ketones is 3. The summed E-state index contributed by atoms with van der Waals surface area (Å²) in [5.41, 5.74) is 11.6. The van der Waals surface area contributed by atoms with Gasteiger partial charge in [0.25, 0.3) is 0 Å². The van der Waals surface area contributed by atoms with Crippen molar-refractivity contribution in [3.8, 4) is 0 Å². The number of benzene rings is 6. The van der Waals surface area contributed by atoms with Gasteiger partial charge in [0.2, 0.25) is 17.3 Å². The monoisotopic (exact) mass is 1510 g/mol. The highest BCUT2D eigenvalue weighted by Crippen LogP contribution is 2.30. The average molecular weight is 1510 g/mol. The first-order valence-electron chi connectivity index (χ1n) is 34.9. The number of imidazole rings is 3. The summed E-state index contributed by atoms with van der Waals surface area (Å²) in [7, 11) is -2.47. The zero-order valence-corrected chi connectivity index (χ0v) is 64.1. The van der Waals surface area contributed by atoms with Gasteiger partial charge in [0.05, 0.1) is 58.7 Å². The Labute approximate surface area is 632 Å². The van der Waals surface area contributed by atoms with Crippen molar-refractivity contribution in [3.05, 3.63) is 315 Å². The van der Waals surface area contributed by atoms with Gasteiger partial charge < -0.3 is 47.9 Å². The average Bonchev–Trinajstić information content (AvgIpc) is 1.64. The van der Waals surface area contributed by atoms with Crippen LogP contribution in [0.5, 0.6) is 0 Å². The number of hydrogen-bond donors (Lipinski definition) is 3. The maximum absolute atomic E-state index is 14.1. The lowest BCUT2D eigenvalue weighted by molar-refractivity contribution is 0.0812. The minimum atomic E-state index is -1.23. The van der Waals surface area contributed by atoms with Gasteiger partial charge in [0.15, 0.2) is 23.8 Å². The van der Waals surface area contributed by atoms with Crippen LogP contribution < -0.4 is 10.6 Å². The zero-order valence-electron chi connectivity index (χ0n) is 59.9. The number of carbonyl (C=O) groups excluding carboxylic acids is 4. The second kappa shape index (κ2) is 34.5. The maximum Gasteiger partial charge on any atom is 0.230 e. The number of nitrogens with zero attached hydrogens (tertiary/aromatic N) is 10. The molecule has 24 heteroatoms. The van der Waals surface area contributed by atoms with Gasteiger partial charge in [0.1, 0.15) is 19.2 Å². The van der Waals surface area contributed by atoms with Crippen LogP contribution in [0.2, 0.25) is 66.4 Å². The van der Waals surface area contributed by atoms with Crippen LogP contribution in [0.25, 0.3) is 32.7 Å². The molecule has 540 valence electrons. The number of para-hydroxylation sites is 3. The molecule has 0 unspecified atom stereocenters. The van der Waals surface area contributed by atoms with Crippen molar-refractivity contribution in [2.24, 2.45) is 0 Å². The van der Waals surface area contributed by atoms with Crippen LogP contribution >= 0.6 is 34.8 Å². The fourth-order valence-electron chi connectivity index (χ4n) is 12.0. The number of rotatable bonds is 29. The van der Waals surface area contributed by atoms with Crippen molar-refractivity contribution in [1.29, 1.82) is 0 Å². The molecular formula is C82H82Cl3N13O6Si2. The number of pyridine rings is 2. The number of aromatic amines is 1. The Morgan fingerprint density at radius 1 is 0.462 bits per heavy atom. The molecule has 0 radical (unpaired) electrons. The molecule has 0 saturated heterocycles. The number of carbonyl (C=O) groups is 4. The SMILES string of the molecule is C[Si](C)(C)CCOCn1cc(C=O)nc1C(=O)c1cn(Cc2ccc(Cl)cc2)c2ccccc12.C[Si](C)(C)CCOCn1cc(CNc2cccnc2)nc1C(=O)c1cn(Cc2ccc(Cl)cc2)c2ccccc12.O=C(c1ncc(CNc2cccnc2)[nH]1)c1cn(Cc2ccc(Cl)cc2)c2ccccc12. The van der Waals surface area contributed by atoms with E-state index in [1.165, 1.54) is 0 Å². The summed E-state index contributed by atoms with van der Waals surface area (Å²) in [6.45, 7) is 18.4. The predicted octanol–water partition coefficient (Wildman–Crippen LogP) is 18.3. The van der Waals surface area contributed by atoms with Gasteiger partial charge in [-0.05, 0) is 108 Å². The molecule has 0 amide bonds. The van der Waals surface area contributed by atoms with Crippen molar-refractivity contribution in [2.75, 3.05) is 23.8 Å². The Bertz CT molecular complexity index is 5330. The first-order valence-corrected chi connectivity index (χ1v) is 43.4. The van der Waals surface area contributed by atoms with Gasteiger partial charge in [-0.3, -0.25) is 29.1 Å². The minimum absolute atomic E-state index is 0.132. The Kier molecular flexibility index (Phi) is 24.5. The first kappa shape index (κ1) is 75.1. The molecule has 0 aliphatic rings. The van der Waals surface area contributed by atoms with Crippen LogP contribution in [0.4, 0.5) is 11.4 Å². The van der Waals surface area contributed by atoms with Crippen molar-refractivity contribution >= 4 is 119 Å². The molecule has 0 bridgehead atoms. The van der Waals surface area contributed by atoms with Crippen molar-refractivity contribution in [2.45, 2.75) is 97.6 Å². The van der Waals surface area contributed by atoms with Crippen molar-refractivity contribution in [3.63, 3.8) is 0 Å². The molecule has 106 heavy (non-hydrogen) atoms. The van der Waals surface area contributed by atoms with E-state index in [0.29, 0.717) is 95.6 Å². The Hall–Kier alpha value is -10.6. The summed E-state index contributed by atoms with van der Waals surface area (Å²) >= 11 is 18.1. The number of fused-ring (bicyclic) bond motifs is 3. The number of aldehydes is 1. The minimum Gasteiger partial charge on any atom is -0.378 e. The molecule has 14 aromatic rings. The number of aromatic nitrogens is 11. The molecule has 6 aromatic carbocycles. The van der Waals surface area contributed by atoms with Crippen LogP contribution in [0, 0.1) is 0 Å². The first-order chi connectivity index (χ1) is 51.2. The van der Waals surface area contributed by atoms with Gasteiger partial charge in [0, 0.05) is 153 Å². The van der Waals surface area contributed by atoms with E-state index in [9.17, 15) is 19.2 Å². The van der Waals surface area contributed by atoms with Gasteiger partial charge in [-0.2, -0.15) is 0 Å². The van der Waals surface area contributed by atoms with E-state index < -0.39 is 16.1 Å². The van der Waals surface area contributed by atoms with Crippen molar-refractivity contribution < 1.29 is 28.7 Å². The third-order valence-electron chi connectivity index (χ3n) is 17.6. The van der Waals surface area contributed by atoms with Crippen LogP contribution in [0.15, 0.2) is 232 Å². The predicted molar refractivity (Wildman–Crippen MR) is 428 cm³/mol. The number of anilines is 2. The fraction of sp³-hybridized carbons (Fsp3) is 0.207. The summed E-state index contributed by atoms with van der Waals surface area (Å²) in [5.74, 6) is 0.376. The number of H-pyrrole nitrogens is 1. The third kappa shape index (κ3) is 19.6. The van der Waals surface area contributed by atoms with Crippen LogP contribution in [0.1, 0.15) is 87.1 Å². The molecule has 0 atom stereocenters. The van der Waals surface area contributed by atoms with Crippen molar-refractivity contribution in [1.82, 2.24) is 52.7 Å². The molecule has 0 spiro atoms. The molecule has 14 rings (SSSR count). The summed E-state index contributed by atoms with van der Waals surface area (Å²) in [4.78, 5) is 77.2. The standard InChI is InChI=1S/C31H34ClN5O2Si.C26H28ClN3O3Si.C25H20ClN5O/c1-40(2,3)16-15-39-22-37-20-26(18-34-25-7-6-14-33-17-25)35-31(37)30(38)28-21-36(29-9-5-4-8-27(28)29)19-23-10-12-24(32)13-11-23;1-34(2,3)13-12-33-18-30-15-21(17-31)28-26(30)25(32)23-16-29(24-7-5-4-6-22(23)24)14-19-8-10-20(27)11-9-19;26-18-9-7-17(8-10-18)15-31-16-22(21-5-1-2-6-23(21)31)24(32)25-29-14-20(30-25)13-28-19-4-3-11-27-12-19/h4-14,17,20-21,34H,15-16,18-19,22H2,1-3H3;4-11,15-17H,12-14,18H2,1-3H3;1-12,14,16,28H,13,15H2,(H,29,30). The number of halogens is 3. The van der Waals surface area contributed by atoms with E-state index >= 15 is 0 Å². The van der Waals surface area contributed by atoms with Gasteiger partial charge in [-0.15, -0.1) is 0 Å². The van der Waals surface area contributed by atoms with Gasteiger partial charge >= 0.3 is 0 Å². The quantitative estimate of drug-likeness (QED) is 0.0172. The highest BCUT2D eigenvalue weighted by Gasteiger charge is 2.26. The summed E-state index contributed by atoms with van der Waals surface area (Å²) in [6, 6.07) is 56.5. The topological polar surface area (TPSA) is 216 Å². The molecule has 8 aromatic heterocycles. The smallest absolute Gasteiger partial charge is 0.230 e. The number of ether oxygens (including phenoxy) is 2. The van der Waals surface area contributed by atoms with E-state index in [4.69, 9.17) is 49.3 Å². The lowest BCUT2D eigenvalue weighted by Gasteiger charge is -2.15. The summed E-state index contributed by atoms with van der Waals surface area (Å²) in [6.07, 6.45) is 18.5. The Morgan fingerprint density at radius 3 is 1.28 bits per heavy atom. The molecular weight excluding hydrogens is 1430 g/mol. The van der Waals surface area contributed by atoms with Crippen LogP contribution in [0.3, 0.4) is 0 Å². The molecule has 0 fully saturated rings. The van der Waals surface area contributed by atoms with E-state index in [2.05, 4.69) is 84.0 Å². The van der Waals surface area contributed by atoms with Gasteiger partial charge in [-0.1, -0.05) is 165 Å². The van der Waals surface area contributed by atoms with E-state index in [-0.39, 0.29) is 42.3 Å². The Balaban J connectivity index is 0.000000150. The number of hydrogen-bond acceptors (Lipinski definition) is 13. The highest BCUT2D eigenvalue weighted by molar-refractivity contribution is 6.76. The molecule has 8 heterocycles. The van der Waals surface area contributed by atoms with E-state index in [0.717, 1.165) is 84.2 Å². The van der Waals surface area contributed by atoms with Gasteiger partial charge in [-0.25, -0.2) is 15.0 Å². The second-order valence-electron chi connectivity index (χ2n) is 28.2. The van der Waals surface area contributed by atoms with E-state index in [1.807, 2.05) is 204 Å². The molecule has 3 N–H and O–H groups in total. The summed E-state index contributed by atoms with van der Waals surface area (Å²) in [5, 5.41) is 11.3. The lowest BCUT2D eigenvalue weighted by Crippen LogP contribution is -2.22. The summed E-state index contributed by atoms with van der Waals surface area (Å²) < 4.78 is 21.6. The highest BCUT2D eigenvalue weighted by atomic mass is 35.5. The second-order valence-corrected chi connectivity index (χ2v) is 40.7. The fourth-order valence-corrected chi connectivity index (χ4v) is 13.9.